The van der Waals surface area contributed by atoms with Crippen molar-refractivity contribution in [3.05, 3.63) is 0 Å². The van der Waals surface area contributed by atoms with E-state index in [1.807, 2.05) is 0 Å². The fourth-order valence-corrected chi connectivity index (χ4v) is 0.879. The number of hydrogen-bond donors (Lipinski definition) is 0. The van der Waals surface area contributed by atoms with Crippen LogP contribution in [0.2, 0.25) is 0 Å². The molecule has 0 aliphatic heterocycles. The van der Waals surface area contributed by atoms with Crippen molar-refractivity contribution in [2.45, 2.75) is 52.7 Å². The van der Waals surface area contributed by atoms with Crippen molar-refractivity contribution in [3.8, 4) is 0 Å². The van der Waals surface area contributed by atoms with Crippen molar-refractivity contribution >= 4 is 0 Å². The zero-order chi connectivity index (χ0) is 9.40. The van der Waals surface area contributed by atoms with Crippen molar-refractivity contribution in [2.24, 2.45) is 0 Å². The van der Waals surface area contributed by atoms with Crippen molar-refractivity contribution in [1.82, 2.24) is 0 Å². The van der Waals surface area contributed by atoms with Gasteiger partial charge in [0, 0.05) is 13.2 Å². The van der Waals surface area contributed by atoms with Gasteiger partial charge in [0.1, 0.15) is 0 Å². The summed E-state index contributed by atoms with van der Waals surface area (Å²) in [5, 5.41) is 0. The van der Waals surface area contributed by atoms with Crippen LogP contribution >= 0.6 is 0 Å². The third-order valence-electron chi connectivity index (χ3n) is 1.83. The van der Waals surface area contributed by atoms with Crippen LogP contribution in [0.1, 0.15) is 40.5 Å². The molecule has 0 fully saturated rings. The molecule has 0 saturated heterocycles. The number of hydrogen-bond acceptors (Lipinski definition) is 2. The topological polar surface area (TPSA) is 18.5 Å². The third kappa shape index (κ3) is 5.56. The van der Waals surface area contributed by atoms with Gasteiger partial charge in [0.2, 0.25) is 0 Å². The summed E-state index contributed by atoms with van der Waals surface area (Å²) in [6, 6.07) is 0. The Morgan fingerprint density at radius 1 is 0.833 bits per heavy atom. The molecule has 0 aliphatic carbocycles. The Morgan fingerprint density at radius 3 is 1.42 bits per heavy atom. The van der Waals surface area contributed by atoms with Crippen LogP contribution < -0.4 is 0 Å². The standard InChI is InChI=1S/C10H22O2/c1-5-7-11-9(3)10(4)12-8-6-2/h9-10H,5-8H2,1-4H3. The van der Waals surface area contributed by atoms with Crippen LogP contribution in [0.25, 0.3) is 0 Å². The molecular weight excluding hydrogens is 152 g/mol. The van der Waals surface area contributed by atoms with Crippen molar-refractivity contribution in [2.75, 3.05) is 13.2 Å². The van der Waals surface area contributed by atoms with E-state index in [1.165, 1.54) is 0 Å². The molecule has 74 valence electrons. The van der Waals surface area contributed by atoms with E-state index in [9.17, 15) is 0 Å². The molecule has 2 atom stereocenters. The molecule has 0 N–H and O–H groups in total. The van der Waals surface area contributed by atoms with Crippen LogP contribution in [-0.4, -0.2) is 25.4 Å². The predicted octanol–water partition coefficient (Wildman–Crippen LogP) is 2.62. The molecular formula is C10H22O2. The molecule has 0 spiro atoms. The summed E-state index contributed by atoms with van der Waals surface area (Å²) in [4.78, 5) is 0. The molecule has 2 unspecified atom stereocenters. The lowest BCUT2D eigenvalue weighted by Crippen LogP contribution is -2.26. The van der Waals surface area contributed by atoms with Gasteiger partial charge in [-0.3, -0.25) is 0 Å². The van der Waals surface area contributed by atoms with Gasteiger partial charge < -0.3 is 9.47 Å². The van der Waals surface area contributed by atoms with Gasteiger partial charge in [-0.2, -0.15) is 0 Å². The highest BCUT2D eigenvalue weighted by Crippen LogP contribution is 2.03. The van der Waals surface area contributed by atoms with Crippen molar-refractivity contribution < 1.29 is 9.47 Å². The maximum atomic E-state index is 5.52. The first-order chi connectivity index (χ1) is 5.72. The van der Waals surface area contributed by atoms with Gasteiger partial charge in [-0.25, -0.2) is 0 Å². The Hall–Kier alpha value is -0.0800. The Kier molecular flexibility index (Phi) is 7.51. The number of rotatable bonds is 7. The van der Waals surface area contributed by atoms with Crippen molar-refractivity contribution in [3.63, 3.8) is 0 Å². The first kappa shape index (κ1) is 11.9. The first-order valence-corrected chi connectivity index (χ1v) is 4.95. The van der Waals surface area contributed by atoms with E-state index < -0.39 is 0 Å². The molecule has 0 radical (unpaired) electrons. The molecule has 0 aliphatic rings. The monoisotopic (exact) mass is 174 g/mol. The normalized spacial score (nSPS) is 16.0. The van der Waals surface area contributed by atoms with Crippen LogP contribution in [0.5, 0.6) is 0 Å². The van der Waals surface area contributed by atoms with Crippen LogP contribution in [0.3, 0.4) is 0 Å². The van der Waals surface area contributed by atoms with Gasteiger partial charge in [-0.1, -0.05) is 13.8 Å². The molecule has 0 saturated carbocycles. The molecule has 0 aromatic rings. The maximum Gasteiger partial charge on any atom is 0.0805 e. The van der Waals surface area contributed by atoms with E-state index in [1.54, 1.807) is 0 Å². The minimum absolute atomic E-state index is 0.219. The second-order valence-electron chi connectivity index (χ2n) is 3.15. The zero-order valence-electron chi connectivity index (χ0n) is 8.80. The minimum atomic E-state index is 0.219. The molecule has 0 rings (SSSR count). The highest BCUT2D eigenvalue weighted by atomic mass is 16.5. The van der Waals surface area contributed by atoms with Gasteiger partial charge in [0.15, 0.2) is 0 Å². The van der Waals surface area contributed by atoms with Crippen molar-refractivity contribution in [1.29, 1.82) is 0 Å². The molecule has 12 heavy (non-hydrogen) atoms. The molecule has 0 heterocycles. The Bertz CT molecular complexity index is 81.8. The predicted molar refractivity (Wildman–Crippen MR) is 51.4 cm³/mol. The lowest BCUT2D eigenvalue weighted by Gasteiger charge is -2.20. The van der Waals surface area contributed by atoms with Crippen LogP contribution in [0, 0.1) is 0 Å². The summed E-state index contributed by atoms with van der Waals surface area (Å²) in [7, 11) is 0. The first-order valence-electron chi connectivity index (χ1n) is 4.95. The maximum absolute atomic E-state index is 5.52. The molecule has 0 bridgehead atoms. The molecule has 0 aromatic carbocycles. The van der Waals surface area contributed by atoms with E-state index >= 15 is 0 Å². The average molecular weight is 174 g/mol. The smallest absolute Gasteiger partial charge is 0.0805 e. The van der Waals surface area contributed by atoms with E-state index in [0.29, 0.717) is 0 Å². The minimum Gasteiger partial charge on any atom is -0.376 e. The number of ether oxygens (including phenoxy) is 2. The van der Waals surface area contributed by atoms with E-state index in [4.69, 9.17) is 9.47 Å². The van der Waals surface area contributed by atoms with Gasteiger partial charge in [0.05, 0.1) is 12.2 Å². The molecule has 0 aromatic heterocycles. The largest absolute Gasteiger partial charge is 0.376 e. The average Bonchev–Trinajstić information content (AvgIpc) is 2.10. The third-order valence-corrected chi connectivity index (χ3v) is 1.83. The fourth-order valence-electron chi connectivity index (χ4n) is 0.879. The quantitative estimate of drug-likeness (QED) is 0.590. The second-order valence-corrected chi connectivity index (χ2v) is 3.15. The summed E-state index contributed by atoms with van der Waals surface area (Å²) in [5.41, 5.74) is 0. The van der Waals surface area contributed by atoms with Crippen LogP contribution in [0.15, 0.2) is 0 Å². The molecule has 2 heteroatoms. The highest BCUT2D eigenvalue weighted by Gasteiger charge is 2.11. The van der Waals surface area contributed by atoms with E-state index in [2.05, 4.69) is 27.7 Å². The van der Waals surface area contributed by atoms with Crippen LogP contribution in [0.4, 0.5) is 0 Å². The Labute approximate surface area is 76.3 Å². The molecule has 2 nitrogen and oxygen atoms in total. The Morgan fingerprint density at radius 2 is 1.17 bits per heavy atom. The fraction of sp³-hybridized carbons (Fsp3) is 1.00. The van der Waals surface area contributed by atoms with E-state index in [-0.39, 0.29) is 12.2 Å². The Balaban J connectivity index is 3.39. The van der Waals surface area contributed by atoms with Gasteiger partial charge in [-0.05, 0) is 26.7 Å². The zero-order valence-corrected chi connectivity index (χ0v) is 8.80. The van der Waals surface area contributed by atoms with E-state index in [0.717, 1.165) is 26.1 Å². The summed E-state index contributed by atoms with van der Waals surface area (Å²) in [5.74, 6) is 0. The van der Waals surface area contributed by atoms with Gasteiger partial charge >= 0.3 is 0 Å². The lowest BCUT2D eigenvalue weighted by atomic mass is 10.2. The summed E-state index contributed by atoms with van der Waals surface area (Å²) in [6.45, 7) is 10.0. The summed E-state index contributed by atoms with van der Waals surface area (Å²) >= 11 is 0. The summed E-state index contributed by atoms with van der Waals surface area (Å²) in [6.07, 6.45) is 2.59. The SMILES string of the molecule is CCCOC(C)C(C)OCCC. The summed E-state index contributed by atoms with van der Waals surface area (Å²) < 4.78 is 11.0. The molecule has 0 amide bonds. The van der Waals surface area contributed by atoms with Gasteiger partial charge in [0.25, 0.3) is 0 Å². The highest BCUT2D eigenvalue weighted by molar-refractivity contribution is 4.59. The lowest BCUT2D eigenvalue weighted by molar-refractivity contribution is -0.0558. The van der Waals surface area contributed by atoms with Gasteiger partial charge in [-0.15, -0.1) is 0 Å². The second kappa shape index (κ2) is 7.56. The van der Waals surface area contributed by atoms with Crippen LogP contribution in [-0.2, 0) is 9.47 Å².